The topological polar surface area (TPSA) is 55.6 Å². The molecule has 2 unspecified atom stereocenters. The van der Waals surface area contributed by atoms with Crippen molar-refractivity contribution in [3.8, 4) is 0 Å². The Bertz CT molecular complexity index is 341. The van der Waals surface area contributed by atoms with Gasteiger partial charge in [-0.1, -0.05) is 19.1 Å². The number of ether oxygens (including phenoxy) is 1. The molecule has 1 aliphatic heterocycles. The third-order valence-corrected chi connectivity index (χ3v) is 4.50. The maximum Gasteiger partial charge on any atom is 0.235 e. The quantitative estimate of drug-likeness (QED) is 0.763. The Morgan fingerprint density at radius 3 is 2.65 bits per heavy atom. The number of methoxy groups -OCH3 is 1. The van der Waals surface area contributed by atoms with Crippen LogP contribution >= 0.6 is 12.2 Å². The van der Waals surface area contributed by atoms with Gasteiger partial charge in [0.25, 0.3) is 0 Å². The SMILES string of the molecule is COC1CN(C(=O)C2(C(N)=S)CC2)CCC1C. The number of likely N-dealkylation sites (tertiary alicyclic amines) is 1. The highest BCUT2D eigenvalue weighted by atomic mass is 32.1. The summed E-state index contributed by atoms with van der Waals surface area (Å²) in [6, 6.07) is 0. The summed E-state index contributed by atoms with van der Waals surface area (Å²) in [6.07, 6.45) is 2.74. The van der Waals surface area contributed by atoms with Gasteiger partial charge in [-0.05, 0) is 25.2 Å². The second-order valence-electron chi connectivity index (χ2n) is 5.24. The van der Waals surface area contributed by atoms with Crippen molar-refractivity contribution in [3.05, 3.63) is 0 Å². The van der Waals surface area contributed by atoms with Crippen LogP contribution in [0.15, 0.2) is 0 Å². The van der Waals surface area contributed by atoms with Crippen molar-refractivity contribution in [2.24, 2.45) is 17.1 Å². The van der Waals surface area contributed by atoms with Gasteiger partial charge in [0.2, 0.25) is 5.91 Å². The standard InChI is InChI=1S/C12H20N2O2S/c1-8-3-6-14(7-9(8)16-2)11(15)12(4-5-12)10(13)17/h8-9H,3-7H2,1-2H3,(H2,13,17). The molecule has 1 saturated heterocycles. The molecule has 2 atom stereocenters. The van der Waals surface area contributed by atoms with E-state index < -0.39 is 5.41 Å². The van der Waals surface area contributed by atoms with E-state index in [-0.39, 0.29) is 12.0 Å². The summed E-state index contributed by atoms with van der Waals surface area (Å²) in [4.78, 5) is 14.6. The van der Waals surface area contributed by atoms with Crippen LogP contribution in [0.4, 0.5) is 0 Å². The normalized spacial score (nSPS) is 31.1. The highest BCUT2D eigenvalue weighted by Gasteiger charge is 2.55. The fourth-order valence-corrected chi connectivity index (χ4v) is 2.81. The van der Waals surface area contributed by atoms with Gasteiger partial charge in [0, 0.05) is 20.2 Å². The molecule has 0 spiro atoms. The van der Waals surface area contributed by atoms with Gasteiger partial charge in [-0.15, -0.1) is 0 Å². The van der Waals surface area contributed by atoms with Crippen molar-refractivity contribution in [2.45, 2.75) is 32.3 Å². The number of hydrogen-bond acceptors (Lipinski definition) is 3. The van der Waals surface area contributed by atoms with E-state index in [1.54, 1.807) is 7.11 Å². The minimum atomic E-state index is -0.520. The number of thiocarbonyl (C=S) groups is 1. The maximum atomic E-state index is 12.4. The molecule has 5 heteroatoms. The fourth-order valence-electron chi connectivity index (χ4n) is 2.52. The first kappa shape index (κ1) is 12.8. The third-order valence-electron chi connectivity index (χ3n) is 4.11. The van der Waals surface area contributed by atoms with Crippen LogP contribution in [0.2, 0.25) is 0 Å². The minimum Gasteiger partial charge on any atom is -0.392 e. The maximum absolute atomic E-state index is 12.4. The molecule has 0 aromatic carbocycles. The first-order valence-electron chi connectivity index (χ1n) is 6.13. The number of nitrogens with zero attached hydrogens (tertiary/aromatic N) is 1. The van der Waals surface area contributed by atoms with Crippen LogP contribution in [-0.2, 0) is 9.53 Å². The largest absolute Gasteiger partial charge is 0.392 e. The Kier molecular flexibility index (Phi) is 3.41. The highest BCUT2D eigenvalue weighted by Crippen LogP contribution is 2.48. The molecule has 17 heavy (non-hydrogen) atoms. The zero-order chi connectivity index (χ0) is 12.6. The molecular weight excluding hydrogens is 236 g/mol. The molecule has 0 radical (unpaired) electrons. The van der Waals surface area contributed by atoms with Crippen LogP contribution in [0.25, 0.3) is 0 Å². The zero-order valence-corrected chi connectivity index (χ0v) is 11.3. The minimum absolute atomic E-state index is 0.110. The Hall–Kier alpha value is -0.680. The smallest absolute Gasteiger partial charge is 0.235 e. The van der Waals surface area contributed by atoms with Gasteiger partial charge in [0.15, 0.2) is 0 Å². The number of rotatable bonds is 3. The van der Waals surface area contributed by atoms with E-state index in [1.165, 1.54) is 0 Å². The molecule has 0 aromatic heterocycles. The first-order chi connectivity index (χ1) is 8.01. The summed E-state index contributed by atoms with van der Waals surface area (Å²) in [5, 5.41) is 0. The van der Waals surface area contributed by atoms with Gasteiger partial charge >= 0.3 is 0 Å². The Morgan fingerprint density at radius 1 is 1.53 bits per heavy atom. The predicted molar refractivity (Wildman–Crippen MR) is 69.6 cm³/mol. The van der Waals surface area contributed by atoms with Gasteiger partial charge < -0.3 is 15.4 Å². The van der Waals surface area contributed by atoms with Crippen LogP contribution < -0.4 is 5.73 Å². The van der Waals surface area contributed by atoms with Gasteiger partial charge in [-0.2, -0.15) is 0 Å². The van der Waals surface area contributed by atoms with E-state index in [9.17, 15) is 4.79 Å². The molecule has 2 aliphatic rings. The highest BCUT2D eigenvalue weighted by molar-refractivity contribution is 7.80. The number of hydrogen-bond donors (Lipinski definition) is 1. The average Bonchev–Trinajstić information content (AvgIpc) is 3.10. The van der Waals surface area contributed by atoms with E-state index in [2.05, 4.69) is 6.92 Å². The van der Waals surface area contributed by atoms with Crippen molar-refractivity contribution in [3.63, 3.8) is 0 Å². The molecule has 1 amide bonds. The molecule has 0 bridgehead atoms. The molecule has 96 valence electrons. The van der Waals surface area contributed by atoms with Crippen molar-refractivity contribution in [1.82, 2.24) is 4.90 Å². The lowest BCUT2D eigenvalue weighted by Crippen LogP contribution is -2.51. The number of nitrogens with two attached hydrogens (primary N) is 1. The molecule has 1 heterocycles. The summed E-state index contributed by atoms with van der Waals surface area (Å²) >= 11 is 5.02. The second kappa shape index (κ2) is 4.53. The third kappa shape index (κ3) is 2.18. The zero-order valence-electron chi connectivity index (χ0n) is 10.4. The van der Waals surface area contributed by atoms with Crippen molar-refractivity contribution >= 4 is 23.1 Å². The summed E-state index contributed by atoms with van der Waals surface area (Å²) < 4.78 is 5.42. The van der Waals surface area contributed by atoms with Crippen LogP contribution in [0.1, 0.15) is 26.2 Å². The lowest BCUT2D eigenvalue weighted by Gasteiger charge is -2.37. The summed E-state index contributed by atoms with van der Waals surface area (Å²) in [5.41, 5.74) is 5.17. The summed E-state index contributed by atoms with van der Waals surface area (Å²) in [7, 11) is 1.70. The Labute approximate surface area is 107 Å². The average molecular weight is 256 g/mol. The molecule has 2 N–H and O–H groups in total. The van der Waals surface area contributed by atoms with E-state index in [4.69, 9.17) is 22.7 Å². The molecular formula is C12H20N2O2S. The Balaban J connectivity index is 2.04. The van der Waals surface area contributed by atoms with E-state index in [0.29, 0.717) is 17.5 Å². The van der Waals surface area contributed by atoms with Crippen molar-refractivity contribution in [2.75, 3.05) is 20.2 Å². The first-order valence-corrected chi connectivity index (χ1v) is 6.54. The second-order valence-corrected chi connectivity index (χ2v) is 5.68. The van der Waals surface area contributed by atoms with E-state index in [0.717, 1.165) is 25.8 Å². The lowest BCUT2D eigenvalue weighted by atomic mass is 9.94. The number of amides is 1. The van der Waals surface area contributed by atoms with Crippen molar-refractivity contribution in [1.29, 1.82) is 0 Å². The lowest BCUT2D eigenvalue weighted by molar-refractivity contribution is -0.139. The predicted octanol–water partition coefficient (Wildman–Crippen LogP) is 0.936. The van der Waals surface area contributed by atoms with E-state index >= 15 is 0 Å². The molecule has 2 fully saturated rings. The molecule has 2 rings (SSSR count). The summed E-state index contributed by atoms with van der Waals surface area (Å²) in [5.74, 6) is 0.614. The Morgan fingerprint density at radius 2 is 2.18 bits per heavy atom. The molecule has 4 nitrogen and oxygen atoms in total. The van der Waals surface area contributed by atoms with E-state index in [1.807, 2.05) is 4.90 Å². The van der Waals surface area contributed by atoms with Gasteiger partial charge in [0.05, 0.1) is 16.5 Å². The summed E-state index contributed by atoms with van der Waals surface area (Å²) in [6.45, 7) is 3.63. The van der Waals surface area contributed by atoms with Crippen LogP contribution in [-0.4, -0.2) is 42.1 Å². The molecule has 1 aliphatic carbocycles. The molecule has 1 saturated carbocycles. The molecule has 0 aromatic rings. The van der Waals surface area contributed by atoms with Gasteiger partial charge in [0.1, 0.15) is 0 Å². The number of piperidine rings is 1. The number of carbonyl (C=O) groups is 1. The van der Waals surface area contributed by atoms with Crippen molar-refractivity contribution < 1.29 is 9.53 Å². The van der Waals surface area contributed by atoms with Gasteiger partial charge in [-0.3, -0.25) is 4.79 Å². The van der Waals surface area contributed by atoms with Crippen LogP contribution in [0, 0.1) is 11.3 Å². The number of carbonyl (C=O) groups excluding carboxylic acids is 1. The van der Waals surface area contributed by atoms with Crippen LogP contribution in [0.3, 0.4) is 0 Å². The van der Waals surface area contributed by atoms with Gasteiger partial charge in [-0.25, -0.2) is 0 Å². The van der Waals surface area contributed by atoms with Crippen LogP contribution in [0.5, 0.6) is 0 Å². The monoisotopic (exact) mass is 256 g/mol. The fraction of sp³-hybridized carbons (Fsp3) is 0.833.